The van der Waals surface area contributed by atoms with Crippen LogP contribution in [0, 0.1) is 0 Å². The molecular formula is C11H13N3. The molecule has 72 valence electrons. The van der Waals surface area contributed by atoms with E-state index < -0.39 is 0 Å². The van der Waals surface area contributed by atoms with Crippen molar-refractivity contribution in [1.29, 1.82) is 0 Å². The van der Waals surface area contributed by atoms with Crippen LogP contribution < -0.4 is 5.73 Å². The van der Waals surface area contributed by atoms with Crippen LogP contribution >= 0.6 is 0 Å². The summed E-state index contributed by atoms with van der Waals surface area (Å²) >= 11 is 0. The zero-order chi connectivity index (χ0) is 10.1. The molecule has 0 aliphatic heterocycles. The van der Waals surface area contributed by atoms with E-state index in [0.29, 0.717) is 11.7 Å². The first-order valence-corrected chi connectivity index (χ1v) is 4.68. The molecule has 0 radical (unpaired) electrons. The van der Waals surface area contributed by atoms with Crippen LogP contribution in [0.25, 0.3) is 10.8 Å². The van der Waals surface area contributed by atoms with Crippen LogP contribution in [0.4, 0.5) is 5.82 Å². The minimum Gasteiger partial charge on any atom is -0.383 e. The Morgan fingerprint density at radius 2 is 2.07 bits per heavy atom. The lowest BCUT2D eigenvalue weighted by molar-refractivity contribution is 0.826. The van der Waals surface area contributed by atoms with Crippen molar-refractivity contribution in [2.75, 3.05) is 5.73 Å². The number of hydrogen-bond donors (Lipinski definition) is 1. The van der Waals surface area contributed by atoms with Gasteiger partial charge in [-0.1, -0.05) is 13.8 Å². The SMILES string of the molecule is CC(C)c1cc2ccnc(N)c2cn1. The monoisotopic (exact) mass is 187 g/mol. The van der Waals surface area contributed by atoms with E-state index in [2.05, 4.69) is 29.9 Å². The maximum atomic E-state index is 5.73. The van der Waals surface area contributed by atoms with Crippen molar-refractivity contribution in [3.63, 3.8) is 0 Å². The summed E-state index contributed by atoms with van der Waals surface area (Å²) in [7, 11) is 0. The largest absolute Gasteiger partial charge is 0.383 e. The lowest BCUT2D eigenvalue weighted by atomic mass is 10.1. The Balaban J connectivity index is 2.67. The van der Waals surface area contributed by atoms with Gasteiger partial charge in [-0.05, 0) is 23.4 Å². The first-order chi connectivity index (χ1) is 6.68. The predicted molar refractivity (Wildman–Crippen MR) is 58.0 cm³/mol. The van der Waals surface area contributed by atoms with Crippen molar-refractivity contribution in [3.05, 3.63) is 30.2 Å². The second-order valence-corrected chi connectivity index (χ2v) is 3.68. The van der Waals surface area contributed by atoms with E-state index in [4.69, 9.17) is 5.73 Å². The molecule has 2 N–H and O–H groups in total. The highest BCUT2D eigenvalue weighted by Gasteiger charge is 2.03. The van der Waals surface area contributed by atoms with Crippen molar-refractivity contribution >= 4 is 16.6 Å². The van der Waals surface area contributed by atoms with Gasteiger partial charge in [-0.15, -0.1) is 0 Å². The molecule has 0 spiro atoms. The van der Waals surface area contributed by atoms with Gasteiger partial charge < -0.3 is 5.73 Å². The Morgan fingerprint density at radius 3 is 2.79 bits per heavy atom. The van der Waals surface area contributed by atoms with E-state index in [1.165, 1.54) is 0 Å². The third kappa shape index (κ3) is 1.41. The molecular weight excluding hydrogens is 174 g/mol. The number of rotatable bonds is 1. The van der Waals surface area contributed by atoms with Crippen molar-refractivity contribution in [3.8, 4) is 0 Å². The Morgan fingerprint density at radius 1 is 1.29 bits per heavy atom. The highest BCUT2D eigenvalue weighted by atomic mass is 14.8. The molecule has 2 heterocycles. The zero-order valence-corrected chi connectivity index (χ0v) is 8.36. The van der Waals surface area contributed by atoms with E-state index in [9.17, 15) is 0 Å². The smallest absolute Gasteiger partial charge is 0.132 e. The molecule has 2 aromatic heterocycles. The summed E-state index contributed by atoms with van der Waals surface area (Å²) in [5.74, 6) is 0.985. The van der Waals surface area contributed by atoms with Gasteiger partial charge in [0.1, 0.15) is 5.82 Å². The summed E-state index contributed by atoms with van der Waals surface area (Å²) in [6.07, 6.45) is 3.52. The lowest BCUT2D eigenvalue weighted by Crippen LogP contribution is -1.95. The van der Waals surface area contributed by atoms with Crippen LogP contribution in [0.3, 0.4) is 0 Å². The molecule has 0 aliphatic rings. The first kappa shape index (κ1) is 8.94. The van der Waals surface area contributed by atoms with Crippen LogP contribution in [0.5, 0.6) is 0 Å². The van der Waals surface area contributed by atoms with Gasteiger partial charge >= 0.3 is 0 Å². The number of nitrogens with zero attached hydrogens (tertiary/aromatic N) is 2. The van der Waals surface area contributed by atoms with Crippen LogP contribution in [0.15, 0.2) is 24.5 Å². The fraction of sp³-hybridized carbons (Fsp3) is 0.273. The third-order valence-electron chi connectivity index (χ3n) is 2.29. The van der Waals surface area contributed by atoms with E-state index in [0.717, 1.165) is 16.5 Å². The van der Waals surface area contributed by atoms with Gasteiger partial charge in [0.05, 0.1) is 0 Å². The standard InChI is InChI=1S/C11H13N3/c1-7(2)10-5-8-3-4-13-11(12)9(8)6-14-10/h3-7H,1-2H3,(H2,12,13). The molecule has 0 saturated heterocycles. The summed E-state index contributed by atoms with van der Waals surface area (Å²) in [6, 6.07) is 4.03. The summed E-state index contributed by atoms with van der Waals surface area (Å²) in [6.45, 7) is 4.25. The van der Waals surface area contributed by atoms with Gasteiger partial charge in [0.15, 0.2) is 0 Å². The van der Waals surface area contributed by atoms with E-state index in [1.54, 1.807) is 12.4 Å². The van der Waals surface area contributed by atoms with Crippen LogP contribution in [0.2, 0.25) is 0 Å². The Kier molecular flexibility index (Phi) is 2.08. The molecule has 0 aliphatic carbocycles. The third-order valence-corrected chi connectivity index (χ3v) is 2.29. The van der Waals surface area contributed by atoms with Gasteiger partial charge in [0.2, 0.25) is 0 Å². The highest BCUT2D eigenvalue weighted by Crippen LogP contribution is 2.21. The van der Waals surface area contributed by atoms with Gasteiger partial charge in [0, 0.05) is 23.5 Å². The summed E-state index contributed by atoms with van der Waals surface area (Å²) in [4.78, 5) is 8.37. The minimum absolute atomic E-state index is 0.439. The Bertz CT molecular complexity index is 463. The summed E-state index contributed by atoms with van der Waals surface area (Å²) in [5.41, 5.74) is 6.82. The van der Waals surface area contributed by atoms with Crippen molar-refractivity contribution in [2.45, 2.75) is 19.8 Å². The van der Waals surface area contributed by atoms with E-state index >= 15 is 0 Å². The van der Waals surface area contributed by atoms with E-state index in [1.807, 2.05) is 6.07 Å². The zero-order valence-electron chi connectivity index (χ0n) is 8.36. The first-order valence-electron chi connectivity index (χ1n) is 4.68. The fourth-order valence-electron chi connectivity index (χ4n) is 1.42. The molecule has 14 heavy (non-hydrogen) atoms. The predicted octanol–water partition coefficient (Wildman–Crippen LogP) is 2.34. The molecule has 0 bridgehead atoms. The second kappa shape index (κ2) is 3.25. The molecule has 0 saturated carbocycles. The maximum absolute atomic E-state index is 5.73. The topological polar surface area (TPSA) is 51.8 Å². The molecule has 0 fully saturated rings. The summed E-state index contributed by atoms with van der Waals surface area (Å²) in [5, 5.41) is 2.04. The van der Waals surface area contributed by atoms with Crippen LogP contribution in [-0.4, -0.2) is 9.97 Å². The van der Waals surface area contributed by atoms with Gasteiger partial charge in [-0.2, -0.15) is 0 Å². The normalized spacial score (nSPS) is 11.1. The quantitative estimate of drug-likeness (QED) is 0.745. The number of pyridine rings is 2. The van der Waals surface area contributed by atoms with E-state index in [-0.39, 0.29) is 0 Å². The van der Waals surface area contributed by atoms with Crippen LogP contribution in [-0.2, 0) is 0 Å². The second-order valence-electron chi connectivity index (χ2n) is 3.68. The Labute approximate surface area is 83.0 Å². The minimum atomic E-state index is 0.439. The van der Waals surface area contributed by atoms with Crippen molar-refractivity contribution in [2.24, 2.45) is 0 Å². The average molecular weight is 187 g/mol. The molecule has 3 nitrogen and oxygen atoms in total. The molecule has 2 aromatic rings. The molecule has 0 unspecified atom stereocenters. The summed E-state index contributed by atoms with van der Waals surface area (Å²) < 4.78 is 0. The number of nitrogens with two attached hydrogens (primary N) is 1. The number of anilines is 1. The Hall–Kier alpha value is -1.64. The van der Waals surface area contributed by atoms with Gasteiger partial charge in [0.25, 0.3) is 0 Å². The van der Waals surface area contributed by atoms with Crippen molar-refractivity contribution in [1.82, 2.24) is 9.97 Å². The molecule has 3 heteroatoms. The number of nitrogen functional groups attached to an aromatic ring is 1. The van der Waals surface area contributed by atoms with Crippen molar-refractivity contribution < 1.29 is 0 Å². The number of hydrogen-bond acceptors (Lipinski definition) is 3. The fourth-order valence-corrected chi connectivity index (χ4v) is 1.42. The number of fused-ring (bicyclic) bond motifs is 1. The van der Waals surface area contributed by atoms with Gasteiger partial charge in [-0.3, -0.25) is 4.98 Å². The maximum Gasteiger partial charge on any atom is 0.132 e. The molecule has 0 aromatic carbocycles. The van der Waals surface area contributed by atoms with Gasteiger partial charge in [-0.25, -0.2) is 4.98 Å². The molecule has 0 amide bonds. The number of aromatic nitrogens is 2. The molecule has 0 atom stereocenters. The highest BCUT2D eigenvalue weighted by molar-refractivity contribution is 5.90. The average Bonchev–Trinajstić information content (AvgIpc) is 2.17. The molecule has 2 rings (SSSR count). The van der Waals surface area contributed by atoms with Crippen LogP contribution in [0.1, 0.15) is 25.5 Å². The lowest BCUT2D eigenvalue weighted by Gasteiger charge is -2.06.